The van der Waals surface area contributed by atoms with Gasteiger partial charge in [0.2, 0.25) is 5.91 Å². The smallest absolute Gasteiger partial charge is 0.312 e. The minimum absolute atomic E-state index is 0.0455. The highest BCUT2D eigenvalue weighted by Gasteiger charge is 2.43. The molecular weight excluding hydrogens is 266 g/mol. The highest BCUT2D eigenvalue weighted by molar-refractivity contribution is 5.85. The van der Waals surface area contributed by atoms with Gasteiger partial charge in [-0.2, -0.15) is 0 Å². The molecule has 0 heterocycles. The molecule has 112 valence electrons. The fourth-order valence-electron chi connectivity index (χ4n) is 2.82. The summed E-state index contributed by atoms with van der Waals surface area (Å²) in [6, 6.07) is 8.99. The van der Waals surface area contributed by atoms with Gasteiger partial charge in [0.25, 0.3) is 0 Å². The van der Waals surface area contributed by atoms with Crippen LogP contribution in [0.4, 0.5) is 0 Å². The summed E-state index contributed by atoms with van der Waals surface area (Å²) in [5.41, 5.74) is 0.346. The van der Waals surface area contributed by atoms with Crippen LogP contribution in [0.1, 0.15) is 37.2 Å². The average molecular weight is 287 g/mol. The highest BCUT2D eigenvalue weighted by atomic mass is 16.4. The van der Waals surface area contributed by atoms with Gasteiger partial charge in [0.1, 0.15) is 0 Å². The monoisotopic (exact) mass is 287 g/mol. The molecule has 0 aliphatic heterocycles. The zero-order valence-electron chi connectivity index (χ0n) is 12.0. The van der Waals surface area contributed by atoms with E-state index in [1.807, 2.05) is 6.07 Å². The number of carboxylic acids is 1. The molecule has 1 aliphatic rings. The maximum absolute atomic E-state index is 12.3. The van der Waals surface area contributed by atoms with E-state index in [0.717, 1.165) is 19.3 Å². The van der Waals surface area contributed by atoms with Crippen molar-refractivity contribution in [1.82, 2.24) is 5.32 Å². The van der Waals surface area contributed by atoms with Gasteiger partial charge in [-0.3, -0.25) is 9.59 Å². The fraction of sp³-hybridized carbons (Fsp3) is 0.412. The predicted octanol–water partition coefficient (Wildman–Crippen LogP) is 2.72. The number of rotatable bonds is 7. The van der Waals surface area contributed by atoms with E-state index in [1.165, 1.54) is 0 Å². The Kier molecular flexibility index (Phi) is 4.78. The molecular formula is C17H21NO3. The second kappa shape index (κ2) is 6.57. The molecule has 0 spiro atoms. The van der Waals surface area contributed by atoms with Crippen LogP contribution in [0.25, 0.3) is 0 Å². The molecule has 1 aliphatic carbocycles. The lowest BCUT2D eigenvalue weighted by Crippen LogP contribution is -2.47. The fourth-order valence-corrected chi connectivity index (χ4v) is 2.82. The number of carbonyl (C=O) groups is 2. The first-order chi connectivity index (χ1) is 10.1. The minimum Gasteiger partial charge on any atom is -0.481 e. The van der Waals surface area contributed by atoms with E-state index in [4.69, 9.17) is 0 Å². The highest BCUT2D eigenvalue weighted by Crippen LogP contribution is 2.44. The molecule has 1 aromatic carbocycles. The van der Waals surface area contributed by atoms with Crippen molar-refractivity contribution in [3.05, 3.63) is 48.6 Å². The summed E-state index contributed by atoms with van der Waals surface area (Å²) < 4.78 is 0. The van der Waals surface area contributed by atoms with Crippen LogP contribution in [-0.4, -0.2) is 23.5 Å². The van der Waals surface area contributed by atoms with Gasteiger partial charge in [-0.1, -0.05) is 42.8 Å². The summed E-state index contributed by atoms with van der Waals surface area (Å²) in [6.07, 6.45) is 5.18. The molecule has 1 aromatic rings. The molecule has 0 saturated heterocycles. The van der Waals surface area contributed by atoms with Crippen LogP contribution >= 0.6 is 0 Å². The van der Waals surface area contributed by atoms with Gasteiger partial charge in [-0.25, -0.2) is 0 Å². The Labute approximate surface area is 124 Å². The molecule has 1 fully saturated rings. The number of hydrogen-bond donors (Lipinski definition) is 2. The van der Waals surface area contributed by atoms with Crippen LogP contribution in [0.5, 0.6) is 0 Å². The van der Waals surface area contributed by atoms with E-state index in [-0.39, 0.29) is 17.9 Å². The first-order valence-electron chi connectivity index (χ1n) is 7.26. The van der Waals surface area contributed by atoms with E-state index in [9.17, 15) is 14.7 Å². The van der Waals surface area contributed by atoms with Crippen molar-refractivity contribution in [2.75, 3.05) is 6.54 Å². The van der Waals surface area contributed by atoms with Crippen molar-refractivity contribution in [3.8, 4) is 0 Å². The summed E-state index contributed by atoms with van der Waals surface area (Å²) in [7, 11) is 0. The van der Waals surface area contributed by atoms with Crippen molar-refractivity contribution in [2.45, 2.75) is 31.6 Å². The van der Waals surface area contributed by atoms with Crippen LogP contribution in [-0.2, 0) is 9.59 Å². The molecule has 4 nitrogen and oxygen atoms in total. The summed E-state index contributed by atoms with van der Waals surface area (Å²) >= 11 is 0. The number of hydrogen-bond acceptors (Lipinski definition) is 2. The van der Waals surface area contributed by atoms with Gasteiger partial charge in [0, 0.05) is 6.54 Å². The molecule has 0 aromatic heterocycles. The number of benzene rings is 1. The SMILES string of the molecule is C=CCC1(C(=O)NCC(C(=O)O)c2ccccc2)CCC1. The third-order valence-electron chi connectivity index (χ3n) is 4.29. The number of allylic oxidation sites excluding steroid dienone is 1. The van der Waals surface area contributed by atoms with Crippen LogP contribution in [0.3, 0.4) is 0 Å². The van der Waals surface area contributed by atoms with Crippen molar-refractivity contribution in [3.63, 3.8) is 0 Å². The van der Waals surface area contributed by atoms with Gasteiger partial charge in [0.15, 0.2) is 0 Å². The number of carbonyl (C=O) groups excluding carboxylic acids is 1. The van der Waals surface area contributed by atoms with Gasteiger partial charge in [-0.05, 0) is 24.8 Å². The Morgan fingerprint density at radius 3 is 2.48 bits per heavy atom. The zero-order valence-corrected chi connectivity index (χ0v) is 12.0. The van der Waals surface area contributed by atoms with Gasteiger partial charge in [-0.15, -0.1) is 6.58 Å². The zero-order chi connectivity index (χ0) is 15.3. The quantitative estimate of drug-likeness (QED) is 0.758. The third-order valence-corrected chi connectivity index (χ3v) is 4.29. The van der Waals surface area contributed by atoms with E-state index in [0.29, 0.717) is 12.0 Å². The topological polar surface area (TPSA) is 66.4 Å². The Hall–Kier alpha value is -2.10. The maximum Gasteiger partial charge on any atom is 0.312 e. The Bertz CT molecular complexity index is 520. The molecule has 4 heteroatoms. The van der Waals surface area contributed by atoms with E-state index < -0.39 is 11.9 Å². The van der Waals surface area contributed by atoms with Crippen molar-refractivity contribution in [1.29, 1.82) is 0 Å². The summed E-state index contributed by atoms with van der Waals surface area (Å²) in [6.45, 7) is 3.83. The second-order valence-corrected chi connectivity index (χ2v) is 5.64. The maximum atomic E-state index is 12.3. The first-order valence-corrected chi connectivity index (χ1v) is 7.26. The molecule has 1 amide bonds. The number of carboxylic acid groups (broad SMARTS) is 1. The number of nitrogens with one attached hydrogen (secondary N) is 1. The van der Waals surface area contributed by atoms with Gasteiger partial charge in [0.05, 0.1) is 11.3 Å². The van der Waals surface area contributed by atoms with Crippen molar-refractivity contribution >= 4 is 11.9 Å². The number of amides is 1. The largest absolute Gasteiger partial charge is 0.481 e. The van der Waals surface area contributed by atoms with E-state index in [1.54, 1.807) is 30.3 Å². The van der Waals surface area contributed by atoms with Crippen molar-refractivity contribution < 1.29 is 14.7 Å². The first kappa shape index (κ1) is 15.3. The van der Waals surface area contributed by atoms with Crippen molar-refractivity contribution in [2.24, 2.45) is 5.41 Å². The molecule has 1 saturated carbocycles. The summed E-state index contributed by atoms with van der Waals surface area (Å²) in [5, 5.41) is 12.2. The Morgan fingerprint density at radius 2 is 2.00 bits per heavy atom. The van der Waals surface area contributed by atoms with Crippen LogP contribution < -0.4 is 5.32 Å². The molecule has 2 rings (SSSR count). The average Bonchev–Trinajstić information content (AvgIpc) is 2.43. The van der Waals surface area contributed by atoms with E-state index in [2.05, 4.69) is 11.9 Å². The summed E-state index contributed by atoms with van der Waals surface area (Å²) in [5.74, 6) is -1.68. The van der Waals surface area contributed by atoms with Crippen LogP contribution in [0, 0.1) is 5.41 Å². The molecule has 0 radical (unpaired) electrons. The molecule has 2 N–H and O–H groups in total. The minimum atomic E-state index is -0.923. The molecule has 1 unspecified atom stereocenters. The Morgan fingerprint density at radius 1 is 1.33 bits per heavy atom. The molecule has 21 heavy (non-hydrogen) atoms. The molecule has 1 atom stereocenters. The van der Waals surface area contributed by atoms with Gasteiger partial charge < -0.3 is 10.4 Å². The van der Waals surface area contributed by atoms with E-state index >= 15 is 0 Å². The normalized spacial score (nSPS) is 17.3. The molecule has 0 bridgehead atoms. The lowest BCUT2D eigenvalue weighted by atomic mass is 9.66. The predicted molar refractivity (Wildman–Crippen MR) is 80.9 cm³/mol. The lowest BCUT2D eigenvalue weighted by molar-refractivity contribution is -0.139. The second-order valence-electron chi connectivity index (χ2n) is 5.64. The standard InChI is InChI=1S/C17H21NO3/c1-2-9-17(10-6-11-17)16(21)18-12-14(15(19)20)13-7-4-3-5-8-13/h2-5,7-8,14H,1,6,9-12H2,(H,18,21)(H,19,20). The Balaban J connectivity index is 2.01. The lowest BCUT2D eigenvalue weighted by Gasteiger charge is -2.39. The van der Waals surface area contributed by atoms with Crippen LogP contribution in [0.2, 0.25) is 0 Å². The summed E-state index contributed by atoms with van der Waals surface area (Å²) in [4.78, 5) is 23.7. The number of aliphatic carboxylic acids is 1. The third kappa shape index (κ3) is 3.32. The van der Waals surface area contributed by atoms with Crippen LogP contribution in [0.15, 0.2) is 43.0 Å². The van der Waals surface area contributed by atoms with Gasteiger partial charge >= 0.3 is 5.97 Å².